The summed E-state index contributed by atoms with van der Waals surface area (Å²) in [7, 11) is 0. The van der Waals surface area contributed by atoms with Crippen molar-refractivity contribution in [1.29, 1.82) is 0 Å². The van der Waals surface area contributed by atoms with Gasteiger partial charge in [-0.15, -0.1) is 0 Å². The van der Waals surface area contributed by atoms with Crippen LogP contribution in [0.25, 0.3) is 0 Å². The van der Waals surface area contributed by atoms with Crippen molar-refractivity contribution in [3.05, 3.63) is 0 Å². The lowest BCUT2D eigenvalue weighted by atomic mass is 9.37. The van der Waals surface area contributed by atoms with Gasteiger partial charge >= 0.3 is 0 Å². The second kappa shape index (κ2) is 5.83. The molecule has 0 aromatic carbocycles. The second-order valence-corrected chi connectivity index (χ2v) is 12.7. The van der Waals surface area contributed by atoms with Crippen LogP contribution in [0.2, 0.25) is 0 Å². The number of alkyl halides is 2. The first-order chi connectivity index (χ1) is 12.6. The van der Waals surface area contributed by atoms with Gasteiger partial charge in [-0.2, -0.15) is 0 Å². The van der Waals surface area contributed by atoms with Gasteiger partial charge in [0.1, 0.15) is 5.78 Å². The number of ketones is 1. The van der Waals surface area contributed by atoms with Gasteiger partial charge in [-0.3, -0.25) is 4.79 Å². The van der Waals surface area contributed by atoms with E-state index >= 15 is 0 Å². The van der Waals surface area contributed by atoms with Crippen LogP contribution in [0.5, 0.6) is 0 Å². The maximum Gasteiger partial charge on any atom is 0.145 e. The minimum Gasteiger partial charge on any atom is -0.298 e. The summed E-state index contributed by atoms with van der Waals surface area (Å²) in [6.07, 6.45) is 13.5. The lowest BCUT2D eigenvalue weighted by Gasteiger charge is -2.66. The van der Waals surface area contributed by atoms with Gasteiger partial charge < -0.3 is 0 Å². The highest BCUT2D eigenvalue weighted by atomic mass is 79.9. The molecule has 0 amide bonds. The van der Waals surface area contributed by atoms with Crippen LogP contribution in [0.15, 0.2) is 0 Å². The molecule has 0 aromatic heterocycles. The van der Waals surface area contributed by atoms with Crippen molar-refractivity contribution in [2.45, 2.75) is 64.2 Å². The normalized spacial score (nSPS) is 59.2. The van der Waals surface area contributed by atoms with E-state index in [1.54, 1.807) is 0 Å². The summed E-state index contributed by atoms with van der Waals surface area (Å²) < 4.78 is 0. The third-order valence-electron chi connectivity index (χ3n) is 10.3. The summed E-state index contributed by atoms with van der Waals surface area (Å²) in [5.41, 5.74) is 0.0919. The lowest BCUT2D eigenvalue weighted by Crippen LogP contribution is -2.65. The molecule has 6 atom stereocenters. The van der Waals surface area contributed by atoms with Gasteiger partial charge in [0.2, 0.25) is 0 Å². The Bertz CT molecular complexity index is 550. The molecule has 0 spiro atoms. The van der Waals surface area contributed by atoms with Gasteiger partial charge in [-0.05, 0) is 112 Å². The van der Waals surface area contributed by atoms with Crippen LogP contribution in [0, 0.1) is 58.2 Å². The van der Waals surface area contributed by atoms with Crippen LogP contribution in [-0.4, -0.2) is 16.4 Å². The molecule has 144 valence electrons. The molecular weight excluding hydrogens is 452 g/mol. The molecule has 3 heteroatoms. The molecule has 8 aliphatic rings. The van der Waals surface area contributed by atoms with E-state index in [-0.39, 0.29) is 10.8 Å². The predicted molar refractivity (Wildman–Crippen MR) is 112 cm³/mol. The van der Waals surface area contributed by atoms with E-state index in [0.717, 1.165) is 52.0 Å². The maximum atomic E-state index is 14.6. The zero-order chi connectivity index (χ0) is 17.7. The number of hydrogen-bond acceptors (Lipinski definition) is 1. The van der Waals surface area contributed by atoms with Crippen LogP contribution < -0.4 is 0 Å². The Morgan fingerprint density at radius 2 is 1.00 bits per heavy atom. The fourth-order valence-electron chi connectivity index (χ4n) is 10.0. The SMILES string of the molecule is O=C(C12CC3CC(CC(C3)C1CBr)C2)C12CC3CC(CC(C3)C1CBr)C2. The molecule has 0 N–H and O–H groups in total. The average molecular weight is 484 g/mol. The van der Waals surface area contributed by atoms with Crippen LogP contribution in [-0.2, 0) is 4.79 Å². The van der Waals surface area contributed by atoms with Crippen LogP contribution in [0.3, 0.4) is 0 Å². The van der Waals surface area contributed by atoms with E-state index < -0.39 is 0 Å². The Balaban J connectivity index is 1.43. The lowest BCUT2D eigenvalue weighted by molar-refractivity contribution is -0.186. The topological polar surface area (TPSA) is 17.1 Å². The molecule has 1 nitrogen and oxygen atoms in total. The van der Waals surface area contributed by atoms with E-state index in [4.69, 9.17) is 0 Å². The van der Waals surface area contributed by atoms with Gasteiger partial charge in [0, 0.05) is 21.5 Å². The van der Waals surface area contributed by atoms with Crippen molar-refractivity contribution in [2.24, 2.45) is 58.2 Å². The molecule has 0 radical (unpaired) electrons. The standard InChI is InChI=1S/C23H32Br2O/c24-11-19-17-3-13-1-14(4-17)8-22(19,7-13)21(26)23-9-15-2-16(10-23)6-18(5-15)20(23)12-25/h13-20H,1-12H2. The number of carbonyl (C=O) groups excluding carboxylic acids is 1. The second-order valence-electron chi connectivity index (χ2n) is 11.4. The summed E-state index contributed by atoms with van der Waals surface area (Å²) >= 11 is 7.77. The molecule has 8 saturated carbocycles. The molecule has 0 aromatic rings. The van der Waals surface area contributed by atoms with E-state index in [1.165, 1.54) is 64.2 Å². The van der Waals surface area contributed by atoms with E-state index in [0.29, 0.717) is 11.8 Å². The summed E-state index contributed by atoms with van der Waals surface area (Å²) in [5, 5.41) is 2.13. The zero-order valence-corrected chi connectivity index (χ0v) is 18.9. The molecule has 8 rings (SSSR count). The van der Waals surface area contributed by atoms with Gasteiger partial charge in [-0.1, -0.05) is 31.9 Å². The molecule has 8 aliphatic carbocycles. The van der Waals surface area contributed by atoms with Crippen molar-refractivity contribution in [1.82, 2.24) is 0 Å². The van der Waals surface area contributed by atoms with Crippen molar-refractivity contribution < 1.29 is 4.79 Å². The minimum atomic E-state index is 0.0460. The number of rotatable bonds is 4. The largest absolute Gasteiger partial charge is 0.298 e. The van der Waals surface area contributed by atoms with E-state index in [2.05, 4.69) is 31.9 Å². The first kappa shape index (κ1) is 17.5. The van der Waals surface area contributed by atoms with E-state index in [1.807, 2.05) is 0 Å². The average Bonchev–Trinajstić information content (AvgIpc) is 2.60. The molecule has 0 saturated heterocycles. The number of carbonyl (C=O) groups is 1. The van der Waals surface area contributed by atoms with Gasteiger partial charge in [-0.25, -0.2) is 0 Å². The highest BCUT2D eigenvalue weighted by molar-refractivity contribution is 9.09. The Labute approximate surface area is 175 Å². The third kappa shape index (κ3) is 2.12. The van der Waals surface area contributed by atoms with Gasteiger partial charge in [0.15, 0.2) is 0 Å². The molecule has 0 aliphatic heterocycles. The fraction of sp³-hybridized carbons (Fsp3) is 0.957. The Morgan fingerprint density at radius 1 is 0.654 bits per heavy atom. The quantitative estimate of drug-likeness (QED) is 0.433. The predicted octanol–water partition coefficient (Wildman–Crippen LogP) is 6.23. The molecule has 6 unspecified atom stereocenters. The monoisotopic (exact) mass is 482 g/mol. The van der Waals surface area contributed by atoms with Crippen LogP contribution in [0.1, 0.15) is 64.2 Å². The molecule has 8 bridgehead atoms. The van der Waals surface area contributed by atoms with Crippen molar-refractivity contribution in [3.8, 4) is 0 Å². The molecule has 0 heterocycles. The van der Waals surface area contributed by atoms with Crippen molar-refractivity contribution in [2.75, 3.05) is 10.7 Å². The molecule has 26 heavy (non-hydrogen) atoms. The molecular formula is C23H32Br2O. The Kier molecular flexibility index (Phi) is 3.92. The first-order valence-electron chi connectivity index (χ1n) is 11.2. The molecule has 8 fully saturated rings. The Morgan fingerprint density at radius 3 is 1.31 bits per heavy atom. The van der Waals surface area contributed by atoms with Gasteiger partial charge in [0.25, 0.3) is 0 Å². The summed E-state index contributed by atoms with van der Waals surface area (Å²) in [4.78, 5) is 14.6. The maximum absolute atomic E-state index is 14.6. The van der Waals surface area contributed by atoms with Crippen molar-refractivity contribution in [3.63, 3.8) is 0 Å². The highest BCUT2D eigenvalue weighted by Gasteiger charge is 2.67. The first-order valence-corrected chi connectivity index (χ1v) is 13.5. The summed E-state index contributed by atoms with van der Waals surface area (Å²) in [6, 6.07) is 0. The fourth-order valence-corrected chi connectivity index (χ4v) is 12.3. The van der Waals surface area contributed by atoms with Crippen molar-refractivity contribution >= 4 is 37.6 Å². The zero-order valence-electron chi connectivity index (χ0n) is 15.8. The van der Waals surface area contributed by atoms with Crippen LogP contribution >= 0.6 is 31.9 Å². The number of Topliss-reactive ketones (excluding diaryl/α,β-unsaturated/α-hetero) is 1. The summed E-state index contributed by atoms with van der Waals surface area (Å²) in [5.74, 6) is 7.18. The summed E-state index contributed by atoms with van der Waals surface area (Å²) in [6.45, 7) is 0. The highest BCUT2D eigenvalue weighted by Crippen LogP contribution is 2.70. The number of hydrogen-bond donors (Lipinski definition) is 0. The van der Waals surface area contributed by atoms with E-state index in [9.17, 15) is 4.79 Å². The minimum absolute atomic E-state index is 0.0460. The third-order valence-corrected chi connectivity index (χ3v) is 11.7. The van der Waals surface area contributed by atoms with Gasteiger partial charge in [0.05, 0.1) is 0 Å². The van der Waals surface area contributed by atoms with Crippen LogP contribution in [0.4, 0.5) is 0 Å². The number of halogens is 2. The smallest absolute Gasteiger partial charge is 0.145 e. The Hall–Kier alpha value is 0.630.